The van der Waals surface area contributed by atoms with E-state index >= 15 is 0 Å². The summed E-state index contributed by atoms with van der Waals surface area (Å²) in [5, 5.41) is 0. The van der Waals surface area contributed by atoms with E-state index in [-0.39, 0.29) is 0 Å². The molecule has 0 saturated heterocycles. The molecule has 0 saturated carbocycles. The van der Waals surface area contributed by atoms with Crippen LogP contribution in [0.1, 0.15) is 38.1 Å². The van der Waals surface area contributed by atoms with Gasteiger partial charge in [0.25, 0.3) is 0 Å². The summed E-state index contributed by atoms with van der Waals surface area (Å²) in [6.07, 6.45) is 8.40. The van der Waals surface area contributed by atoms with Crippen molar-refractivity contribution in [1.82, 2.24) is 24.5 Å². The van der Waals surface area contributed by atoms with Crippen molar-refractivity contribution in [3.8, 4) is 11.1 Å². The van der Waals surface area contributed by atoms with Gasteiger partial charge in [0.05, 0.1) is 18.0 Å². The number of aromatic nitrogens is 5. The summed E-state index contributed by atoms with van der Waals surface area (Å²) in [7, 11) is 4.05. The van der Waals surface area contributed by atoms with Gasteiger partial charge in [-0.3, -0.25) is 0 Å². The highest BCUT2D eigenvalue weighted by Crippen LogP contribution is 2.31. The zero-order valence-corrected chi connectivity index (χ0v) is 17.6. The van der Waals surface area contributed by atoms with Crippen LogP contribution < -0.4 is 4.90 Å². The minimum atomic E-state index is 0.329. The lowest BCUT2D eigenvalue weighted by Crippen LogP contribution is -2.13. The fourth-order valence-corrected chi connectivity index (χ4v) is 3.49. The molecule has 29 heavy (non-hydrogen) atoms. The van der Waals surface area contributed by atoms with E-state index < -0.39 is 0 Å². The van der Waals surface area contributed by atoms with E-state index in [2.05, 4.69) is 76.9 Å². The molecule has 3 heterocycles. The molecule has 1 aromatic carbocycles. The van der Waals surface area contributed by atoms with E-state index in [4.69, 9.17) is 0 Å². The molecule has 0 aliphatic rings. The van der Waals surface area contributed by atoms with Crippen molar-refractivity contribution < 1.29 is 0 Å². The number of imidazole rings is 1. The largest absolute Gasteiger partial charge is 0.334 e. The molecule has 0 radical (unpaired) electrons. The van der Waals surface area contributed by atoms with Crippen molar-refractivity contribution in [2.75, 3.05) is 11.9 Å². The molecule has 6 heteroatoms. The van der Waals surface area contributed by atoms with Gasteiger partial charge in [-0.2, -0.15) is 0 Å². The second-order valence-corrected chi connectivity index (χ2v) is 7.63. The Morgan fingerprint density at radius 2 is 1.72 bits per heavy atom. The number of aryl methyl sites for hydroxylation is 2. The molecule has 0 aliphatic heterocycles. The summed E-state index contributed by atoms with van der Waals surface area (Å²) in [6, 6.07) is 8.58. The molecule has 3 aromatic heterocycles. The molecule has 0 unspecified atom stereocenters. The van der Waals surface area contributed by atoms with Gasteiger partial charge in [-0.15, -0.1) is 0 Å². The zero-order chi connectivity index (χ0) is 20.5. The van der Waals surface area contributed by atoms with Crippen LogP contribution in [0.25, 0.3) is 22.2 Å². The highest BCUT2D eigenvalue weighted by molar-refractivity contribution is 5.79. The van der Waals surface area contributed by atoms with Gasteiger partial charge >= 0.3 is 0 Å². The second kappa shape index (κ2) is 7.62. The Hall–Kier alpha value is -3.28. The van der Waals surface area contributed by atoms with Gasteiger partial charge in [-0.25, -0.2) is 19.9 Å². The second-order valence-electron chi connectivity index (χ2n) is 7.63. The highest BCUT2D eigenvalue weighted by Gasteiger charge is 2.13. The summed E-state index contributed by atoms with van der Waals surface area (Å²) in [5.41, 5.74) is 6.53. The molecule has 0 fully saturated rings. The van der Waals surface area contributed by atoms with Crippen LogP contribution in [-0.4, -0.2) is 31.6 Å². The first-order chi connectivity index (χ1) is 14.0. The van der Waals surface area contributed by atoms with Gasteiger partial charge in [-0.05, 0) is 29.7 Å². The van der Waals surface area contributed by atoms with Crippen LogP contribution in [0.4, 0.5) is 11.5 Å². The predicted molar refractivity (Wildman–Crippen MR) is 118 cm³/mol. The number of hydrogen-bond donors (Lipinski definition) is 0. The van der Waals surface area contributed by atoms with E-state index in [1.807, 2.05) is 36.5 Å². The Morgan fingerprint density at radius 1 is 0.966 bits per heavy atom. The van der Waals surface area contributed by atoms with Gasteiger partial charge in [0.1, 0.15) is 17.2 Å². The molecule has 0 aliphatic carbocycles. The standard InChI is InChI=1S/C23H26N6/c1-6-16-9-17(18-11-25-23(15(2)3)26-12-18)7-8-20(16)29(5)22-10-21-19(13-24-22)27-14-28(21)4/h7-15H,6H2,1-5H3. The maximum absolute atomic E-state index is 4.61. The third-order valence-corrected chi connectivity index (χ3v) is 5.28. The van der Waals surface area contributed by atoms with Crippen molar-refractivity contribution >= 4 is 22.5 Å². The molecule has 0 spiro atoms. The maximum atomic E-state index is 4.61. The Kier molecular flexibility index (Phi) is 5.01. The number of anilines is 2. The first kappa shape index (κ1) is 19.1. The molecule has 0 amide bonds. The number of pyridine rings is 1. The number of hydrogen-bond acceptors (Lipinski definition) is 5. The summed E-state index contributed by atoms with van der Waals surface area (Å²) in [5.74, 6) is 2.10. The number of nitrogens with zero attached hydrogens (tertiary/aromatic N) is 6. The zero-order valence-electron chi connectivity index (χ0n) is 17.6. The quantitative estimate of drug-likeness (QED) is 0.489. The normalized spacial score (nSPS) is 11.4. The Labute approximate surface area is 171 Å². The lowest BCUT2D eigenvalue weighted by atomic mass is 10.0. The van der Waals surface area contributed by atoms with Crippen molar-refractivity contribution in [2.45, 2.75) is 33.1 Å². The molecule has 0 N–H and O–H groups in total. The summed E-state index contributed by atoms with van der Waals surface area (Å²) in [4.78, 5) is 20.1. The van der Waals surface area contributed by atoms with Gasteiger partial charge in [-0.1, -0.05) is 26.8 Å². The molecule has 6 nitrogen and oxygen atoms in total. The first-order valence-corrected chi connectivity index (χ1v) is 9.94. The Morgan fingerprint density at radius 3 is 2.41 bits per heavy atom. The van der Waals surface area contributed by atoms with Crippen molar-refractivity contribution in [2.24, 2.45) is 7.05 Å². The summed E-state index contributed by atoms with van der Waals surface area (Å²) in [6.45, 7) is 6.38. The van der Waals surface area contributed by atoms with E-state index in [1.165, 1.54) is 5.56 Å². The van der Waals surface area contributed by atoms with Crippen molar-refractivity contribution in [3.63, 3.8) is 0 Å². The predicted octanol–water partition coefficient (Wildman–Crippen LogP) is 4.88. The fourth-order valence-electron chi connectivity index (χ4n) is 3.49. The van der Waals surface area contributed by atoms with Crippen LogP contribution in [0.15, 0.2) is 49.2 Å². The van der Waals surface area contributed by atoms with Crippen LogP contribution in [0.5, 0.6) is 0 Å². The summed E-state index contributed by atoms with van der Waals surface area (Å²) >= 11 is 0. The van der Waals surface area contributed by atoms with Gasteiger partial charge in [0.15, 0.2) is 0 Å². The lowest BCUT2D eigenvalue weighted by Gasteiger charge is -2.22. The van der Waals surface area contributed by atoms with Crippen LogP contribution in [0.3, 0.4) is 0 Å². The third-order valence-electron chi connectivity index (χ3n) is 5.28. The SMILES string of the molecule is CCc1cc(-c2cnc(C(C)C)nc2)ccc1N(C)c1cc2c(cn1)ncn2C. The number of fused-ring (bicyclic) bond motifs is 1. The van der Waals surface area contributed by atoms with Gasteiger partial charge in [0, 0.05) is 49.7 Å². The van der Waals surface area contributed by atoms with E-state index in [0.717, 1.165) is 45.9 Å². The van der Waals surface area contributed by atoms with E-state index in [0.29, 0.717) is 5.92 Å². The summed E-state index contributed by atoms with van der Waals surface area (Å²) < 4.78 is 2.01. The van der Waals surface area contributed by atoms with Gasteiger partial charge < -0.3 is 9.47 Å². The molecule has 4 rings (SSSR count). The number of benzene rings is 1. The average Bonchev–Trinajstić information content (AvgIpc) is 3.13. The molecular formula is C23H26N6. The minimum Gasteiger partial charge on any atom is -0.334 e. The van der Waals surface area contributed by atoms with Crippen LogP contribution in [-0.2, 0) is 13.5 Å². The number of rotatable bonds is 5. The Bertz CT molecular complexity index is 1140. The van der Waals surface area contributed by atoms with Crippen molar-refractivity contribution in [1.29, 1.82) is 0 Å². The highest BCUT2D eigenvalue weighted by atomic mass is 15.2. The van der Waals surface area contributed by atoms with Crippen molar-refractivity contribution in [3.05, 3.63) is 60.6 Å². The maximum Gasteiger partial charge on any atom is 0.134 e. The molecular weight excluding hydrogens is 360 g/mol. The first-order valence-electron chi connectivity index (χ1n) is 9.94. The minimum absolute atomic E-state index is 0.329. The van der Waals surface area contributed by atoms with Crippen LogP contribution in [0, 0.1) is 0 Å². The lowest BCUT2D eigenvalue weighted by molar-refractivity contribution is 0.775. The molecule has 0 bridgehead atoms. The topological polar surface area (TPSA) is 59.7 Å². The van der Waals surface area contributed by atoms with E-state index in [9.17, 15) is 0 Å². The smallest absolute Gasteiger partial charge is 0.134 e. The van der Waals surface area contributed by atoms with Gasteiger partial charge in [0.2, 0.25) is 0 Å². The Balaban J connectivity index is 1.69. The monoisotopic (exact) mass is 386 g/mol. The average molecular weight is 387 g/mol. The van der Waals surface area contributed by atoms with Crippen LogP contribution >= 0.6 is 0 Å². The third kappa shape index (κ3) is 3.58. The fraction of sp³-hybridized carbons (Fsp3) is 0.304. The molecule has 4 aromatic rings. The van der Waals surface area contributed by atoms with Crippen LogP contribution in [0.2, 0.25) is 0 Å². The van der Waals surface area contributed by atoms with E-state index in [1.54, 1.807) is 0 Å². The molecule has 0 atom stereocenters. The molecule has 148 valence electrons.